The molecule has 0 amide bonds. The van der Waals surface area contributed by atoms with E-state index >= 15 is 0 Å². The summed E-state index contributed by atoms with van der Waals surface area (Å²) in [6.07, 6.45) is 0. The third-order valence-electron chi connectivity index (χ3n) is 1.59. The largest absolute Gasteiger partial charge is 0.461 e. The number of nitrogens with two attached hydrogens (primary N) is 1. The monoisotopic (exact) mass is 213 g/mol. The van der Waals surface area contributed by atoms with Crippen LogP contribution in [0.3, 0.4) is 0 Å². The van der Waals surface area contributed by atoms with Crippen molar-refractivity contribution in [1.29, 1.82) is 5.41 Å². The molecule has 0 saturated heterocycles. The molecule has 0 spiro atoms. The van der Waals surface area contributed by atoms with Crippen molar-refractivity contribution in [3.8, 4) is 0 Å². The lowest BCUT2D eigenvalue weighted by molar-refractivity contribution is -0.139. The van der Waals surface area contributed by atoms with E-state index in [1.807, 2.05) is 13.8 Å². The van der Waals surface area contributed by atoms with Gasteiger partial charge in [0.15, 0.2) is 0 Å². The van der Waals surface area contributed by atoms with Gasteiger partial charge in [-0.1, -0.05) is 0 Å². The van der Waals surface area contributed by atoms with Gasteiger partial charge >= 0.3 is 5.97 Å². The first-order valence-corrected chi connectivity index (χ1v) is 4.89. The van der Waals surface area contributed by atoms with Gasteiger partial charge in [-0.05, 0) is 27.7 Å². The van der Waals surface area contributed by atoms with Crippen LogP contribution < -0.4 is 11.1 Å². The van der Waals surface area contributed by atoms with E-state index in [2.05, 4.69) is 5.32 Å². The topological polar surface area (TPSA) is 88.2 Å². The maximum Gasteiger partial charge on any atom is 0.356 e. The zero-order valence-electron chi connectivity index (χ0n) is 9.68. The Labute approximate surface area is 90.2 Å². The summed E-state index contributed by atoms with van der Waals surface area (Å²) in [7, 11) is 0. The minimum Gasteiger partial charge on any atom is -0.461 e. The van der Waals surface area contributed by atoms with Gasteiger partial charge in [0.25, 0.3) is 0 Å². The molecule has 0 aliphatic carbocycles. The molecule has 0 bridgehead atoms. The second kappa shape index (κ2) is 6.06. The molecule has 0 aromatic carbocycles. The molecule has 0 rings (SSSR count). The molecule has 0 aromatic heterocycles. The van der Waals surface area contributed by atoms with Gasteiger partial charge in [-0.25, -0.2) is 4.79 Å². The van der Waals surface area contributed by atoms with Crippen molar-refractivity contribution in [3.05, 3.63) is 11.4 Å². The Hall–Kier alpha value is -1.52. The molecule has 5 heteroatoms. The SMILES string of the molecule is CCOC(=O)/C(NC(C)C)=C(\N)C(C)=N. The summed E-state index contributed by atoms with van der Waals surface area (Å²) in [6.45, 7) is 7.29. The Kier molecular flexibility index (Phi) is 5.44. The highest BCUT2D eigenvalue weighted by Crippen LogP contribution is 2.02. The standard InChI is InChI=1S/C10H19N3O2/c1-5-15-10(14)9(13-6(2)3)8(12)7(4)11/h6,11,13H,5,12H2,1-4H3/b9-8+,11-7?. The van der Waals surface area contributed by atoms with Crippen LogP contribution in [0, 0.1) is 5.41 Å². The summed E-state index contributed by atoms with van der Waals surface area (Å²) in [5.41, 5.74) is 6.07. The molecule has 0 aliphatic rings. The van der Waals surface area contributed by atoms with Crippen molar-refractivity contribution in [2.24, 2.45) is 5.73 Å². The van der Waals surface area contributed by atoms with Crippen molar-refractivity contribution in [1.82, 2.24) is 5.32 Å². The number of esters is 1. The van der Waals surface area contributed by atoms with Gasteiger partial charge in [0.1, 0.15) is 5.70 Å². The molecule has 0 atom stereocenters. The Morgan fingerprint density at radius 3 is 2.40 bits per heavy atom. The lowest BCUT2D eigenvalue weighted by Crippen LogP contribution is -2.32. The molecule has 0 heterocycles. The number of hydrogen-bond acceptors (Lipinski definition) is 5. The summed E-state index contributed by atoms with van der Waals surface area (Å²) in [4.78, 5) is 11.5. The Morgan fingerprint density at radius 2 is 2.07 bits per heavy atom. The first-order chi connectivity index (χ1) is 6.90. The predicted octanol–water partition coefficient (Wildman–Crippen LogP) is 0.757. The summed E-state index contributed by atoms with van der Waals surface area (Å²) in [5.74, 6) is -0.518. The average molecular weight is 213 g/mol. The Morgan fingerprint density at radius 1 is 1.53 bits per heavy atom. The number of carbonyl (C=O) groups is 1. The summed E-state index contributed by atoms with van der Waals surface area (Å²) in [5, 5.41) is 10.3. The van der Waals surface area contributed by atoms with Crippen molar-refractivity contribution < 1.29 is 9.53 Å². The molecule has 86 valence electrons. The van der Waals surface area contributed by atoms with Crippen LogP contribution >= 0.6 is 0 Å². The summed E-state index contributed by atoms with van der Waals surface area (Å²) >= 11 is 0. The van der Waals surface area contributed by atoms with E-state index in [-0.39, 0.29) is 29.8 Å². The third kappa shape index (κ3) is 4.49. The van der Waals surface area contributed by atoms with Crippen LogP contribution in [-0.4, -0.2) is 24.3 Å². The molecular formula is C10H19N3O2. The van der Waals surface area contributed by atoms with Crippen LogP contribution in [0.25, 0.3) is 0 Å². The number of allylic oxidation sites excluding steroid dienone is 1. The van der Waals surface area contributed by atoms with Gasteiger partial charge < -0.3 is 21.2 Å². The molecule has 0 radical (unpaired) electrons. The van der Waals surface area contributed by atoms with E-state index in [9.17, 15) is 4.79 Å². The first-order valence-electron chi connectivity index (χ1n) is 4.89. The first kappa shape index (κ1) is 13.5. The van der Waals surface area contributed by atoms with E-state index in [4.69, 9.17) is 15.9 Å². The highest BCUT2D eigenvalue weighted by molar-refractivity contribution is 6.03. The van der Waals surface area contributed by atoms with Crippen LogP contribution in [0.5, 0.6) is 0 Å². The fraction of sp³-hybridized carbons (Fsp3) is 0.600. The normalized spacial score (nSPS) is 12.1. The third-order valence-corrected chi connectivity index (χ3v) is 1.59. The molecular weight excluding hydrogens is 194 g/mol. The zero-order valence-corrected chi connectivity index (χ0v) is 9.68. The minimum atomic E-state index is -0.518. The van der Waals surface area contributed by atoms with Crippen LogP contribution in [0.15, 0.2) is 11.4 Å². The van der Waals surface area contributed by atoms with Crippen LogP contribution in [-0.2, 0) is 9.53 Å². The quantitative estimate of drug-likeness (QED) is 0.357. The molecule has 5 nitrogen and oxygen atoms in total. The zero-order chi connectivity index (χ0) is 12.0. The molecule has 0 aliphatic heterocycles. The smallest absolute Gasteiger partial charge is 0.356 e. The minimum absolute atomic E-state index is 0.0577. The van der Waals surface area contributed by atoms with E-state index in [0.717, 1.165) is 0 Å². The Balaban J connectivity index is 4.96. The molecule has 0 saturated carbocycles. The fourth-order valence-electron chi connectivity index (χ4n) is 0.926. The lowest BCUT2D eigenvalue weighted by atomic mass is 10.2. The number of carbonyl (C=O) groups excluding carboxylic acids is 1. The molecule has 0 unspecified atom stereocenters. The van der Waals surface area contributed by atoms with Crippen LogP contribution in [0.2, 0.25) is 0 Å². The second-order valence-electron chi connectivity index (χ2n) is 3.43. The van der Waals surface area contributed by atoms with Gasteiger partial charge in [-0.2, -0.15) is 0 Å². The van der Waals surface area contributed by atoms with Crippen molar-refractivity contribution in [2.75, 3.05) is 6.61 Å². The molecule has 0 aromatic rings. The molecule has 4 N–H and O–H groups in total. The highest BCUT2D eigenvalue weighted by Gasteiger charge is 2.16. The van der Waals surface area contributed by atoms with E-state index in [1.165, 1.54) is 6.92 Å². The molecule has 15 heavy (non-hydrogen) atoms. The summed E-state index contributed by atoms with van der Waals surface area (Å²) < 4.78 is 4.84. The number of ether oxygens (including phenoxy) is 1. The van der Waals surface area contributed by atoms with E-state index < -0.39 is 5.97 Å². The average Bonchev–Trinajstić information content (AvgIpc) is 2.13. The van der Waals surface area contributed by atoms with Gasteiger partial charge in [0.05, 0.1) is 18.0 Å². The lowest BCUT2D eigenvalue weighted by Gasteiger charge is -2.15. The Bertz CT molecular complexity index is 282. The van der Waals surface area contributed by atoms with Gasteiger partial charge in [0, 0.05) is 6.04 Å². The number of nitrogens with one attached hydrogen (secondary N) is 2. The summed E-state index contributed by atoms with van der Waals surface area (Å²) in [6, 6.07) is 0.0577. The predicted molar refractivity (Wildman–Crippen MR) is 59.5 cm³/mol. The highest BCUT2D eigenvalue weighted by atomic mass is 16.5. The second-order valence-corrected chi connectivity index (χ2v) is 3.43. The van der Waals surface area contributed by atoms with Crippen molar-refractivity contribution >= 4 is 11.7 Å². The van der Waals surface area contributed by atoms with E-state index in [0.29, 0.717) is 0 Å². The van der Waals surface area contributed by atoms with Crippen molar-refractivity contribution in [2.45, 2.75) is 33.7 Å². The molecule has 0 fully saturated rings. The van der Waals surface area contributed by atoms with Gasteiger partial charge in [-0.3, -0.25) is 0 Å². The van der Waals surface area contributed by atoms with E-state index in [1.54, 1.807) is 6.92 Å². The number of hydrogen-bond donors (Lipinski definition) is 3. The van der Waals surface area contributed by atoms with Crippen molar-refractivity contribution in [3.63, 3.8) is 0 Å². The van der Waals surface area contributed by atoms with Gasteiger partial charge in [-0.15, -0.1) is 0 Å². The van der Waals surface area contributed by atoms with Crippen LogP contribution in [0.4, 0.5) is 0 Å². The number of rotatable bonds is 5. The van der Waals surface area contributed by atoms with Gasteiger partial charge in [0.2, 0.25) is 0 Å². The van der Waals surface area contributed by atoms with Crippen LogP contribution in [0.1, 0.15) is 27.7 Å². The maximum absolute atomic E-state index is 11.5. The fourth-order valence-corrected chi connectivity index (χ4v) is 0.926. The maximum atomic E-state index is 11.5.